The van der Waals surface area contributed by atoms with Crippen molar-refractivity contribution in [3.63, 3.8) is 0 Å². The maximum absolute atomic E-state index is 11.8. The Kier molecular flexibility index (Phi) is 6.07. The molecule has 0 bridgehead atoms. The number of fused-ring (bicyclic) bond motifs is 1. The highest BCUT2D eigenvalue weighted by atomic mass is 32.2. The first-order valence-electron chi connectivity index (χ1n) is 8.72. The maximum atomic E-state index is 11.8. The van der Waals surface area contributed by atoms with Crippen molar-refractivity contribution in [2.45, 2.75) is 33.2 Å². The van der Waals surface area contributed by atoms with Gasteiger partial charge in [0.05, 0.1) is 23.9 Å². The number of hydrogen-bond donors (Lipinski definition) is 3. The number of esters is 1. The van der Waals surface area contributed by atoms with Crippen LogP contribution in [0.4, 0.5) is 0 Å². The van der Waals surface area contributed by atoms with E-state index < -0.39 is 23.3 Å². The van der Waals surface area contributed by atoms with Gasteiger partial charge in [0.1, 0.15) is 5.75 Å². The predicted molar refractivity (Wildman–Crippen MR) is 102 cm³/mol. The molecular weight excluding hydrogens is 386 g/mol. The Morgan fingerprint density at radius 2 is 2.04 bits per heavy atom. The summed E-state index contributed by atoms with van der Waals surface area (Å²) in [5, 5.41) is 11.4. The Morgan fingerprint density at radius 1 is 1.32 bits per heavy atom. The molecule has 150 valence electrons. The normalized spacial score (nSPS) is 13.4. The molecule has 0 spiro atoms. The molecule has 0 amide bonds. The van der Waals surface area contributed by atoms with Crippen molar-refractivity contribution in [3.05, 3.63) is 41.3 Å². The van der Waals surface area contributed by atoms with Gasteiger partial charge < -0.3 is 9.47 Å². The van der Waals surface area contributed by atoms with Crippen LogP contribution in [0.3, 0.4) is 0 Å². The molecule has 3 rings (SSSR count). The predicted octanol–water partition coefficient (Wildman–Crippen LogP) is 2.38. The van der Waals surface area contributed by atoms with E-state index in [1.165, 1.54) is 0 Å². The minimum atomic E-state index is -2.18. The molecule has 0 saturated heterocycles. The minimum absolute atomic E-state index is 0.310. The van der Waals surface area contributed by atoms with Crippen LogP contribution in [0.2, 0.25) is 0 Å². The van der Waals surface area contributed by atoms with Crippen molar-refractivity contribution in [3.8, 4) is 11.5 Å². The molecule has 0 radical (unpaired) electrons. The number of nitrogens with zero attached hydrogens (tertiary/aromatic N) is 3. The summed E-state index contributed by atoms with van der Waals surface area (Å²) in [6, 6.07) is 6.08. The summed E-state index contributed by atoms with van der Waals surface area (Å²) in [5.41, 5.74) is 1.68. The Balaban J connectivity index is 1.89. The van der Waals surface area contributed by atoms with Crippen LogP contribution < -0.4 is 9.46 Å². The highest BCUT2D eigenvalue weighted by Gasteiger charge is 2.22. The quantitative estimate of drug-likeness (QED) is 0.386. The van der Waals surface area contributed by atoms with Gasteiger partial charge in [-0.2, -0.15) is 0 Å². The average molecular weight is 407 g/mol. The zero-order valence-corrected chi connectivity index (χ0v) is 16.4. The molecule has 2 aromatic heterocycles. The summed E-state index contributed by atoms with van der Waals surface area (Å²) in [6.45, 7) is 5.72. The lowest BCUT2D eigenvalue weighted by molar-refractivity contribution is 0.0526. The van der Waals surface area contributed by atoms with E-state index in [1.807, 2.05) is 6.92 Å². The number of H-pyrrole nitrogens is 1. The molecule has 1 aromatic carbocycles. The third-order valence-electron chi connectivity index (χ3n) is 4.02. The number of aryl methyl sites for hydroxylation is 1. The number of ether oxygens (including phenoxy) is 2. The zero-order chi connectivity index (χ0) is 20.3. The van der Waals surface area contributed by atoms with Crippen molar-refractivity contribution >= 4 is 22.9 Å². The first-order valence-corrected chi connectivity index (χ1v) is 9.83. The van der Waals surface area contributed by atoms with Gasteiger partial charge in [0.25, 0.3) is 0 Å². The monoisotopic (exact) mass is 407 g/mol. The van der Waals surface area contributed by atoms with Gasteiger partial charge >= 0.3 is 5.97 Å². The SMILES string of the molecule is CCOC(=O)c1ccc(Oc2c(CC)[nH]n3c(C(C)NS(=O)O)nnc23)cc1. The molecule has 11 heteroatoms. The van der Waals surface area contributed by atoms with E-state index in [2.05, 4.69) is 20.0 Å². The minimum Gasteiger partial charge on any atom is -0.462 e. The number of carbonyl (C=O) groups is 1. The maximum Gasteiger partial charge on any atom is 0.338 e. The lowest BCUT2D eigenvalue weighted by Crippen LogP contribution is -2.22. The molecule has 10 nitrogen and oxygen atoms in total. The molecule has 0 aliphatic rings. The molecule has 2 atom stereocenters. The van der Waals surface area contributed by atoms with Gasteiger partial charge in [0, 0.05) is 0 Å². The Labute approximate surface area is 163 Å². The molecule has 2 unspecified atom stereocenters. The second-order valence-electron chi connectivity index (χ2n) is 5.93. The van der Waals surface area contributed by atoms with E-state index >= 15 is 0 Å². The first-order chi connectivity index (χ1) is 13.4. The fourth-order valence-corrected chi connectivity index (χ4v) is 3.10. The summed E-state index contributed by atoms with van der Waals surface area (Å²) in [4.78, 5) is 11.8. The molecule has 3 aromatic rings. The Hall–Kier alpha value is -2.76. The smallest absolute Gasteiger partial charge is 0.338 e. The number of aromatic amines is 1. The first kappa shape index (κ1) is 20.0. The third-order valence-corrected chi connectivity index (χ3v) is 4.57. The highest BCUT2D eigenvalue weighted by Crippen LogP contribution is 2.31. The molecule has 0 aliphatic heterocycles. The van der Waals surface area contributed by atoms with Crippen LogP contribution in [0, 0.1) is 0 Å². The van der Waals surface area contributed by atoms with E-state index in [0.29, 0.717) is 41.6 Å². The van der Waals surface area contributed by atoms with Gasteiger partial charge in [-0.25, -0.2) is 18.2 Å². The average Bonchev–Trinajstić information content (AvgIpc) is 3.21. The van der Waals surface area contributed by atoms with Crippen molar-refractivity contribution in [2.75, 3.05) is 6.61 Å². The summed E-state index contributed by atoms with van der Waals surface area (Å²) in [6.07, 6.45) is 0.646. The second kappa shape index (κ2) is 8.50. The zero-order valence-electron chi connectivity index (χ0n) is 15.6. The van der Waals surface area contributed by atoms with E-state index in [9.17, 15) is 9.00 Å². The number of rotatable bonds is 8. The molecule has 3 N–H and O–H groups in total. The molecule has 0 aliphatic carbocycles. The van der Waals surface area contributed by atoms with Gasteiger partial charge in [-0.1, -0.05) is 6.92 Å². The molecular formula is C17H21N5O5S. The summed E-state index contributed by atoms with van der Waals surface area (Å²) in [7, 11) is 0. The Morgan fingerprint density at radius 3 is 2.64 bits per heavy atom. The summed E-state index contributed by atoms with van der Waals surface area (Å²) in [5.74, 6) is 1.08. The van der Waals surface area contributed by atoms with Crippen molar-refractivity contribution in [2.24, 2.45) is 0 Å². The van der Waals surface area contributed by atoms with Crippen LogP contribution in [0.25, 0.3) is 5.65 Å². The lowest BCUT2D eigenvalue weighted by atomic mass is 10.2. The second-order valence-corrected chi connectivity index (χ2v) is 6.66. The van der Waals surface area contributed by atoms with Crippen molar-refractivity contribution in [1.29, 1.82) is 0 Å². The van der Waals surface area contributed by atoms with E-state index in [1.54, 1.807) is 42.6 Å². The Bertz CT molecular complexity index is 997. The molecule has 0 fully saturated rings. The van der Waals surface area contributed by atoms with E-state index in [-0.39, 0.29) is 0 Å². The topological polar surface area (TPSA) is 131 Å². The van der Waals surface area contributed by atoms with Crippen LogP contribution in [0.5, 0.6) is 11.5 Å². The van der Waals surface area contributed by atoms with E-state index in [4.69, 9.17) is 14.0 Å². The van der Waals surface area contributed by atoms with Crippen LogP contribution in [0.15, 0.2) is 24.3 Å². The van der Waals surface area contributed by atoms with Crippen LogP contribution in [-0.2, 0) is 22.4 Å². The number of nitrogens with one attached hydrogen (secondary N) is 2. The van der Waals surface area contributed by atoms with Gasteiger partial charge in [0.2, 0.25) is 16.9 Å². The van der Waals surface area contributed by atoms with Gasteiger partial charge in [0.15, 0.2) is 11.6 Å². The molecule has 0 saturated carbocycles. The highest BCUT2D eigenvalue weighted by molar-refractivity contribution is 7.77. The van der Waals surface area contributed by atoms with Crippen LogP contribution in [-0.4, -0.2) is 41.1 Å². The molecule has 28 heavy (non-hydrogen) atoms. The number of hydrogen-bond acceptors (Lipinski definition) is 6. The van der Waals surface area contributed by atoms with Crippen LogP contribution >= 0.6 is 0 Å². The van der Waals surface area contributed by atoms with Gasteiger partial charge in [-0.15, -0.1) is 10.2 Å². The largest absolute Gasteiger partial charge is 0.462 e. The van der Waals surface area contributed by atoms with Gasteiger partial charge in [-0.3, -0.25) is 9.65 Å². The number of carbonyl (C=O) groups excluding carboxylic acids is 1. The standard InChI is InChI=1S/C17H21N5O5S/c1-4-13-14(27-12-8-6-11(7-9-12)17(23)26-5-2)16-19-18-15(22(16)20-13)10(3)21-28(24)25/h6-10,20-21H,4-5H2,1-3H3,(H,24,25). The van der Waals surface area contributed by atoms with Crippen LogP contribution in [0.1, 0.15) is 48.7 Å². The van der Waals surface area contributed by atoms with E-state index in [0.717, 1.165) is 5.69 Å². The number of benzene rings is 1. The number of aromatic nitrogens is 4. The fourth-order valence-electron chi connectivity index (χ4n) is 2.70. The third kappa shape index (κ3) is 4.06. The van der Waals surface area contributed by atoms with Gasteiger partial charge in [-0.05, 0) is 44.5 Å². The van der Waals surface area contributed by atoms with Crippen molar-refractivity contribution < 1.29 is 23.0 Å². The summed E-state index contributed by atoms with van der Waals surface area (Å²) >= 11 is -2.18. The molecule has 2 heterocycles. The van der Waals surface area contributed by atoms with Crippen molar-refractivity contribution in [1.82, 2.24) is 24.5 Å². The fraction of sp³-hybridized carbons (Fsp3) is 0.353. The lowest BCUT2D eigenvalue weighted by Gasteiger charge is -2.06. The summed E-state index contributed by atoms with van der Waals surface area (Å²) < 4.78 is 35.1.